The maximum Gasteiger partial charge on any atom is 0.325 e. The summed E-state index contributed by atoms with van der Waals surface area (Å²) in [5.74, 6) is -0.784. The van der Waals surface area contributed by atoms with Crippen LogP contribution in [-0.2, 0) is 16.1 Å². The first-order chi connectivity index (χ1) is 10.5. The van der Waals surface area contributed by atoms with Gasteiger partial charge in [0.05, 0.1) is 19.3 Å². The molecule has 2 rings (SSSR count). The number of nitrogens with one attached hydrogen (secondary N) is 1. The zero-order chi connectivity index (χ0) is 16.1. The number of carbonyl (C=O) groups excluding carboxylic acids is 2. The molecule has 0 radical (unpaired) electrons. The van der Waals surface area contributed by atoms with Crippen LogP contribution >= 0.6 is 0 Å². The molecule has 6 nitrogen and oxygen atoms in total. The lowest BCUT2D eigenvalue weighted by Crippen LogP contribution is -2.30. The van der Waals surface area contributed by atoms with Crippen LogP contribution in [0.4, 0.5) is 0 Å². The Kier molecular flexibility index (Phi) is 4.93. The van der Waals surface area contributed by atoms with Gasteiger partial charge >= 0.3 is 5.97 Å². The number of hydrogen-bond donors (Lipinski definition) is 1. The fourth-order valence-electron chi connectivity index (χ4n) is 2.15. The molecule has 1 N–H and O–H groups in total. The third-order valence-corrected chi connectivity index (χ3v) is 3.25. The maximum absolute atomic E-state index is 12.0. The number of aryl methyl sites for hydroxylation is 2. The van der Waals surface area contributed by atoms with E-state index in [1.807, 2.05) is 36.7 Å². The smallest absolute Gasteiger partial charge is 0.325 e. The fraction of sp³-hybridized carbons (Fsp3) is 0.312. The predicted octanol–water partition coefficient (Wildman–Crippen LogP) is 1.45. The predicted molar refractivity (Wildman–Crippen MR) is 81.6 cm³/mol. The Morgan fingerprint density at radius 2 is 2.05 bits per heavy atom. The molecular weight excluding hydrogens is 282 g/mol. The molecule has 1 heterocycles. The third kappa shape index (κ3) is 3.94. The number of esters is 1. The SMILES string of the molecule is COC(=O)CNC(=O)c1cccc(Cn2nc(C)cc2C)c1. The standard InChI is InChI=1S/C16H19N3O3/c1-11-7-12(2)19(18-11)10-13-5-4-6-14(8-13)16(21)17-9-15(20)22-3/h4-8H,9-10H2,1-3H3,(H,17,21). The Bertz CT molecular complexity index is 692. The van der Waals surface area contributed by atoms with Gasteiger partial charge in [-0.05, 0) is 37.6 Å². The van der Waals surface area contributed by atoms with Gasteiger partial charge in [0.1, 0.15) is 6.54 Å². The van der Waals surface area contributed by atoms with Crippen molar-refractivity contribution >= 4 is 11.9 Å². The lowest BCUT2D eigenvalue weighted by Gasteiger charge is -2.08. The van der Waals surface area contributed by atoms with Crippen molar-refractivity contribution in [3.05, 3.63) is 52.8 Å². The van der Waals surface area contributed by atoms with Crippen LogP contribution < -0.4 is 5.32 Å². The summed E-state index contributed by atoms with van der Waals surface area (Å²) >= 11 is 0. The van der Waals surface area contributed by atoms with Gasteiger partial charge in [-0.25, -0.2) is 0 Å². The summed E-state index contributed by atoms with van der Waals surface area (Å²) in [6.07, 6.45) is 0. The number of carbonyl (C=O) groups is 2. The minimum absolute atomic E-state index is 0.142. The van der Waals surface area contributed by atoms with Gasteiger partial charge in [-0.15, -0.1) is 0 Å². The Hall–Kier alpha value is -2.63. The first-order valence-electron chi connectivity index (χ1n) is 6.94. The van der Waals surface area contributed by atoms with E-state index in [0.717, 1.165) is 17.0 Å². The van der Waals surface area contributed by atoms with Gasteiger partial charge in [-0.2, -0.15) is 5.10 Å². The Labute approximate surface area is 129 Å². The number of amides is 1. The van der Waals surface area contributed by atoms with Gasteiger partial charge in [0.2, 0.25) is 0 Å². The minimum atomic E-state index is -0.479. The number of methoxy groups -OCH3 is 1. The average molecular weight is 301 g/mol. The van der Waals surface area contributed by atoms with Gasteiger partial charge in [-0.1, -0.05) is 12.1 Å². The molecule has 116 valence electrons. The lowest BCUT2D eigenvalue weighted by atomic mass is 10.1. The van der Waals surface area contributed by atoms with E-state index in [-0.39, 0.29) is 12.5 Å². The summed E-state index contributed by atoms with van der Waals surface area (Å²) in [6, 6.07) is 9.26. The van der Waals surface area contributed by atoms with E-state index in [1.54, 1.807) is 12.1 Å². The molecule has 0 bridgehead atoms. The van der Waals surface area contributed by atoms with E-state index in [0.29, 0.717) is 12.1 Å². The first kappa shape index (κ1) is 15.8. The molecule has 0 atom stereocenters. The maximum atomic E-state index is 12.0. The second-order valence-corrected chi connectivity index (χ2v) is 5.04. The number of nitrogens with zero attached hydrogens (tertiary/aromatic N) is 2. The number of rotatable bonds is 5. The van der Waals surface area contributed by atoms with Crippen molar-refractivity contribution < 1.29 is 14.3 Å². The summed E-state index contributed by atoms with van der Waals surface area (Å²) in [7, 11) is 1.28. The molecule has 1 aromatic heterocycles. The van der Waals surface area contributed by atoms with Gasteiger partial charge in [0.25, 0.3) is 5.91 Å². The lowest BCUT2D eigenvalue weighted by molar-refractivity contribution is -0.139. The van der Waals surface area contributed by atoms with Crippen molar-refractivity contribution in [2.45, 2.75) is 20.4 Å². The van der Waals surface area contributed by atoms with Gasteiger partial charge in [-0.3, -0.25) is 14.3 Å². The van der Waals surface area contributed by atoms with Crippen molar-refractivity contribution in [3.8, 4) is 0 Å². The van der Waals surface area contributed by atoms with Crippen molar-refractivity contribution in [2.75, 3.05) is 13.7 Å². The highest BCUT2D eigenvalue weighted by Gasteiger charge is 2.09. The second kappa shape index (κ2) is 6.89. The minimum Gasteiger partial charge on any atom is -0.468 e. The molecule has 0 fully saturated rings. The van der Waals surface area contributed by atoms with E-state index >= 15 is 0 Å². The summed E-state index contributed by atoms with van der Waals surface area (Å²) < 4.78 is 6.38. The number of aromatic nitrogens is 2. The van der Waals surface area contributed by atoms with Crippen LogP contribution in [0.25, 0.3) is 0 Å². The zero-order valence-corrected chi connectivity index (χ0v) is 12.9. The van der Waals surface area contributed by atoms with E-state index in [9.17, 15) is 9.59 Å². The molecule has 0 unspecified atom stereocenters. The molecular formula is C16H19N3O3. The van der Waals surface area contributed by atoms with Crippen molar-refractivity contribution in [1.82, 2.24) is 15.1 Å². The molecule has 22 heavy (non-hydrogen) atoms. The molecule has 0 spiro atoms. The monoisotopic (exact) mass is 301 g/mol. The molecule has 0 saturated carbocycles. The highest BCUT2D eigenvalue weighted by Crippen LogP contribution is 2.10. The van der Waals surface area contributed by atoms with E-state index in [1.165, 1.54) is 7.11 Å². The third-order valence-electron chi connectivity index (χ3n) is 3.25. The molecule has 0 saturated heterocycles. The van der Waals surface area contributed by atoms with Crippen molar-refractivity contribution in [1.29, 1.82) is 0 Å². The van der Waals surface area contributed by atoms with E-state index < -0.39 is 5.97 Å². The van der Waals surface area contributed by atoms with Crippen LogP contribution in [0.5, 0.6) is 0 Å². The number of ether oxygens (including phenoxy) is 1. The van der Waals surface area contributed by atoms with Crippen molar-refractivity contribution in [3.63, 3.8) is 0 Å². The van der Waals surface area contributed by atoms with Crippen LogP contribution in [0.2, 0.25) is 0 Å². The van der Waals surface area contributed by atoms with Gasteiger partial charge in [0.15, 0.2) is 0 Å². The molecule has 1 amide bonds. The fourth-order valence-corrected chi connectivity index (χ4v) is 2.15. The van der Waals surface area contributed by atoms with Crippen LogP contribution in [0.1, 0.15) is 27.3 Å². The first-order valence-corrected chi connectivity index (χ1v) is 6.94. The number of benzene rings is 1. The summed E-state index contributed by atoms with van der Waals surface area (Å²) in [4.78, 5) is 23.0. The number of hydrogen-bond acceptors (Lipinski definition) is 4. The average Bonchev–Trinajstić information content (AvgIpc) is 2.82. The summed E-state index contributed by atoms with van der Waals surface area (Å²) in [5, 5.41) is 6.93. The van der Waals surface area contributed by atoms with Crippen LogP contribution in [0.15, 0.2) is 30.3 Å². The highest BCUT2D eigenvalue weighted by atomic mass is 16.5. The summed E-state index contributed by atoms with van der Waals surface area (Å²) in [5.41, 5.74) is 3.50. The highest BCUT2D eigenvalue weighted by molar-refractivity contribution is 5.96. The van der Waals surface area contributed by atoms with Crippen LogP contribution in [0.3, 0.4) is 0 Å². The Morgan fingerprint density at radius 1 is 1.27 bits per heavy atom. The zero-order valence-electron chi connectivity index (χ0n) is 12.9. The topological polar surface area (TPSA) is 73.2 Å². The quantitative estimate of drug-likeness (QED) is 0.848. The second-order valence-electron chi connectivity index (χ2n) is 5.04. The van der Waals surface area contributed by atoms with Gasteiger partial charge < -0.3 is 10.1 Å². The summed E-state index contributed by atoms with van der Waals surface area (Å²) in [6.45, 7) is 4.39. The van der Waals surface area contributed by atoms with E-state index in [4.69, 9.17) is 0 Å². The molecule has 6 heteroatoms. The normalized spacial score (nSPS) is 10.3. The molecule has 0 aliphatic rings. The van der Waals surface area contributed by atoms with Crippen LogP contribution in [0, 0.1) is 13.8 Å². The Balaban J connectivity index is 2.08. The van der Waals surface area contributed by atoms with E-state index in [2.05, 4.69) is 15.2 Å². The molecule has 0 aliphatic carbocycles. The largest absolute Gasteiger partial charge is 0.468 e. The molecule has 1 aromatic carbocycles. The molecule has 2 aromatic rings. The van der Waals surface area contributed by atoms with Crippen LogP contribution in [-0.4, -0.2) is 35.3 Å². The van der Waals surface area contributed by atoms with Gasteiger partial charge in [0, 0.05) is 11.3 Å². The Morgan fingerprint density at radius 3 is 2.68 bits per heavy atom. The van der Waals surface area contributed by atoms with Crippen molar-refractivity contribution in [2.24, 2.45) is 0 Å². The molecule has 0 aliphatic heterocycles.